The molecular weight excluding hydrogens is 250 g/mol. The molecule has 2 aliphatic rings. The molecule has 0 bridgehead atoms. The topological polar surface area (TPSA) is 63.2 Å². The fourth-order valence-corrected chi connectivity index (χ4v) is 4.33. The van der Waals surface area contributed by atoms with E-state index < -0.39 is 9.84 Å². The largest absolute Gasteiger partial charge is 0.352 e. The first-order valence-corrected chi connectivity index (χ1v) is 8.28. The molecule has 0 aromatic rings. The Hall–Kier alpha value is -0.840. The molecule has 2 fully saturated rings. The minimum absolute atomic E-state index is 0.000374. The Bertz CT molecular complexity index is 460. The first-order chi connectivity index (χ1) is 8.35. The smallest absolute Gasteiger partial charge is 0.223 e. The lowest BCUT2D eigenvalue weighted by Gasteiger charge is -2.22. The molecule has 0 aromatic carbocycles. The van der Waals surface area contributed by atoms with Gasteiger partial charge in [0.15, 0.2) is 0 Å². The van der Waals surface area contributed by atoms with Crippen LogP contribution in [-0.2, 0) is 14.6 Å². The van der Waals surface area contributed by atoms with Gasteiger partial charge >= 0.3 is 0 Å². The number of allylic oxidation sites excluding steroid dienone is 1. The molecule has 1 aliphatic carbocycles. The SMILES string of the molecule is CC(C)=CCNC(=O)C1CC12CCS(=O)(=O)CC2. The molecule has 2 rings (SSSR count). The highest BCUT2D eigenvalue weighted by molar-refractivity contribution is 7.91. The van der Waals surface area contributed by atoms with Crippen molar-refractivity contribution in [2.45, 2.75) is 33.1 Å². The Morgan fingerprint density at radius 2 is 1.94 bits per heavy atom. The Labute approximate surface area is 109 Å². The highest BCUT2D eigenvalue weighted by atomic mass is 32.2. The van der Waals surface area contributed by atoms with Gasteiger partial charge in [-0.3, -0.25) is 4.79 Å². The van der Waals surface area contributed by atoms with E-state index in [9.17, 15) is 13.2 Å². The minimum atomic E-state index is -2.83. The third-order valence-corrected chi connectivity index (χ3v) is 5.77. The summed E-state index contributed by atoms with van der Waals surface area (Å²) in [7, 11) is -2.83. The van der Waals surface area contributed by atoms with Crippen molar-refractivity contribution in [1.29, 1.82) is 0 Å². The van der Waals surface area contributed by atoms with Gasteiger partial charge in [-0.15, -0.1) is 0 Å². The quantitative estimate of drug-likeness (QED) is 0.787. The zero-order valence-corrected chi connectivity index (χ0v) is 11.8. The summed E-state index contributed by atoms with van der Waals surface area (Å²) in [5, 5.41) is 2.90. The van der Waals surface area contributed by atoms with Gasteiger partial charge in [-0.2, -0.15) is 0 Å². The molecule has 1 amide bonds. The van der Waals surface area contributed by atoms with E-state index in [2.05, 4.69) is 5.32 Å². The summed E-state index contributed by atoms with van der Waals surface area (Å²) in [6.45, 7) is 4.57. The van der Waals surface area contributed by atoms with E-state index in [0.717, 1.165) is 6.42 Å². The van der Waals surface area contributed by atoms with Crippen molar-refractivity contribution in [2.24, 2.45) is 11.3 Å². The number of sulfone groups is 1. The van der Waals surface area contributed by atoms with Crippen molar-refractivity contribution >= 4 is 15.7 Å². The predicted octanol–water partition coefficient (Wildman–Crippen LogP) is 1.28. The molecular formula is C13H21NO3S. The third-order valence-electron chi connectivity index (χ3n) is 4.11. The fourth-order valence-electron chi connectivity index (χ4n) is 2.69. The van der Waals surface area contributed by atoms with E-state index in [0.29, 0.717) is 19.4 Å². The van der Waals surface area contributed by atoms with Gasteiger partial charge in [0.25, 0.3) is 0 Å². The van der Waals surface area contributed by atoms with E-state index in [4.69, 9.17) is 0 Å². The summed E-state index contributed by atoms with van der Waals surface area (Å²) in [4.78, 5) is 11.9. The zero-order chi connectivity index (χ0) is 13.4. The summed E-state index contributed by atoms with van der Waals surface area (Å²) in [6, 6.07) is 0. The average Bonchev–Trinajstić information content (AvgIpc) is 2.98. The first-order valence-electron chi connectivity index (χ1n) is 6.46. The molecule has 4 nitrogen and oxygen atoms in total. The van der Waals surface area contributed by atoms with E-state index in [1.54, 1.807) is 0 Å². The van der Waals surface area contributed by atoms with Gasteiger partial charge in [0.2, 0.25) is 5.91 Å². The van der Waals surface area contributed by atoms with Crippen LogP contribution in [0.3, 0.4) is 0 Å². The molecule has 102 valence electrons. The van der Waals surface area contributed by atoms with Crippen molar-refractivity contribution in [2.75, 3.05) is 18.1 Å². The van der Waals surface area contributed by atoms with Crippen LogP contribution in [0.4, 0.5) is 0 Å². The number of carbonyl (C=O) groups is 1. The highest BCUT2D eigenvalue weighted by Gasteiger charge is 2.59. The zero-order valence-electron chi connectivity index (χ0n) is 11.0. The highest BCUT2D eigenvalue weighted by Crippen LogP contribution is 2.59. The van der Waals surface area contributed by atoms with Gasteiger partial charge < -0.3 is 5.32 Å². The van der Waals surface area contributed by atoms with Crippen LogP contribution in [0.25, 0.3) is 0 Å². The summed E-state index contributed by atoms with van der Waals surface area (Å²) < 4.78 is 22.8. The van der Waals surface area contributed by atoms with E-state index in [-0.39, 0.29) is 28.7 Å². The van der Waals surface area contributed by atoms with Crippen LogP contribution in [0, 0.1) is 11.3 Å². The molecule has 1 spiro atoms. The maximum atomic E-state index is 11.9. The molecule has 1 N–H and O–H groups in total. The predicted molar refractivity (Wildman–Crippen MR) is 70.9 cm³/mol. The van der Waals surface area contributed by atoms with Gasteiger partial charge in [-0.1, -0.05) is 11.6 Å². The number of hydrogen-bond acceptors (Lipinski definition) is 3. The van der Waals surface area contributed by atoms with Crippen molar-refractivity contribution in [3.63, 3.8) is 0 Å². The van der Waals surface area contributed by atoms with Crippen LogP contribution >= 0.6 is 0 Å². The van der Waals surface area contributed by atoms with Crippen LogP contribution in [0.2, 0.25) is 0 Å². The van der Waals surface area contributed by atoms with Crippen LogP contribution in [0.1, 0.15) is 33.1 Å². The first kappa shape index (κ1) is 13.6. The van der Waals surface area contributed by atoms with E-state index in [1.807, 2.05) is 19.9 Å². The Balaban J connectivity index is 1.84. The second-order valence-corrected chi connectivity index (χ2v) is 8.10. The number of amides is 1. The second kappa shape index (κ2) is 4.68. The maximum Gasteiger partial charge on any atom is 0.223 e. The molecule has 1 aliphatic heterocycles. The monoisotopic (exact) mass is 271 g/mol. The van der Waals surface area contributed by atoms with Crippen LogP contribution in [0.15, 0.2) is 11.6 Å². The summed E-state index contributed by atoms with van der Waals surface area (Å²) in [5.41, 5.74) is 1.19. The van der Waals surface area contributed by atoms with Gasteiger partial charge in [-0.25, -0.2) is 8.42 Å². The van der Waals surface area contributed by atoms with E-state index in [1.165, 1.54) is 5.57 Å². The normalized spacial score (nSPS) is 27.6. The number of rotatable bonds is 3. The molecule has 0 radical (unpaired) electrons. The van der Waals surface area contributed by atoms with Crippen molar-refractivity contribution < 1.29 is 13.2 Å². The van der Waals surface area contributed by atoms with Gasteiger partial charge in [0.05, 0.1) is 11.5 Å². The third kappa shape index (κ3) is 2.94. The standard InChI is InChI=1S/C13H21NO3S/c1-10(2)3-6-14-12(15)11-9-13(11)4-7-18(16,17)8-5-13/h3,11H,4-9H2,1-2H3,(H,14,15). The van der Waals surface area contributed by atoms with Gasteiger partial charge in [0, 0.05) is 12.5 Å². The molecule has 5 heteroatoms. The molecule has 1 saturated carbocycles. The lowest BCUT2D eigenvalue weighted by molar-refractivity contribution is -0.123. The molecule has 0 aromatic heterocycles. The fraction of sp³-hybridized carbons (Fsp3) is 0.769. The van der Waals surface area contributed by atoms with Crippen molar-refractivity contribution in [1.82, 2.24) is 5.32 Å². The average molecular weight is 271 g/mol. The Kier molecular flexibility index (Phi) is 3.54. The van der Waals surface area contributed by atoms with Crippen molar-refractivity contribution in [3.05, 3.63) is 11.6 Å². The molecule has 1 atom stereocenters. The summed E-state index contributed by atoms with van der Waals surface area (Å²) in [5.74, 6) is 0.639. The molecule has 18 heavy (non-hydrogen) atoms. The Morgan fingerprint density at radius 3 is 2.50 bits per heavy atom. The second-order valence-electron chi connectivity index (χ2n) is 5.80. The summed E-state index contributed by atoms with van der Waals surface area (Å²) >= 11 is 0. The lowest BCUT2D eigenvalue weighted by atomic mass is 9.96. The van der Waals surface area contributed by atoms with Gasteiger partial charge in [0.1, 0.15) is 9.84 Å². The Morgan fingerprint density at radius 1 is 1.33 bits per heavy atom. The van der Waals surface area contributed by atoms with E-state index >= 15 is 0 Å². The van der Waals surface area contributed by atoms with Crippen LogP contribution < -0.4 is 5.32 Å². The lowest BCUT2D eigenvalue weighted by Crippen LogP contribution is -2.31. The molecule has 1 heterocycles. The maximum absolute atomic E-state index is 11.9. The number of carbonyl (C=O) groups excluding carboxylic acids is 1. The van der Waals surface area contributed by atoms with Crippen LogP contribution in [-0.4, -0.2) is 32.4 Å². The van der Waals surface area contributed by atoms with Crippen molar-refractivity contribution in [3.8, 4) is 0 Å². The minimum Gasteiger partial charge on any atom is -0.352 e. The van der Waals surface area contributed by atoms with Gasteiger partial charge in [-0.05, 0) is 38.5 Å². The molecule has 1 unspecified atom stereocenters. The van der Waals surface area contributed by atoms with Crippen LogP contribution in [0.5, 0.6) is 0 Å². The molecule has 1 saturated heterocycles. The summed E-state index contributed by atoms with van der Waals surface area (Å²) in [6.07, 6.45) is 4.17. The number of nitrogens with one attached hydrogen (secondary N) is 1. The number of hydrogen-bond donors (Lipinski definition) is 1.